The molecule has 0 radical (unpaired) electrons. The van der Waals surface area contributed by atoms with E-state index in [1.165, 1.54) is 27.5 Å². The fourth-order valence-electron chi connectivity index (χ4n) is 7.54. The van der Waals surface area contributed by atoms with Crippen LogP contribution in [-0.2, 0) is 0 Å². The Hall–Kier alpha value is -7.10. The maximum atomic E-state index is 6.61. The van der Waals surface area contributed by atoms with E-state index < -0.39 is 0 Å². The fraction of sp³-hybridized carbons (Fsp3) is 0. The smallest absolute Gasteiger partial charge is 0.161 e. The molecular weight excluding hydrogens is 645 g/mol. The lowest BCUT2D eigenvalue weighted by molar-refractivity contribution is 0.669. The van der Waals surface area contributed by atoms with Crippen LogP contribution >= 0.6 is 0 Å². The summed E-state index contributed by atoms with van der Waals surface area (Å²) in [6.07, 6.45) is 0. The first-order valence-electron chi connectivity index (χ1n) is 17.9. The standard InChI is InChI=1S/C50H32N2O/c1-4-14-33(15-5-1)34-24-26-37(27-25-34)46-32-45(36-18-8-3-9-19-36)51-50(52-46)44-30-38(31-48-49(44)43-22-12-13-23-47(43)53-48)40-29-28-39(35-16-6-2-7-17-35)41-20-10-11-21-42(40)41/h1-32H. The second-order valence-electron chi connectivity index (χ2n) is 13.3. The first-order valence-corrected chi connectivity index (χ1v) is 17.9. The maximum Gasteiger partial charge on any atom is 0.161 e. The van der Waals surface area contributed by atoms with E-state index in [4.69, 9.17) is 14.4 Å². The number of rotatable bonds is 6. The number of furan rings is 1. The van der Waals surface area contributed by atoms with Gasteiger partial charge in [0.05, 0.1) is 11.4 Å². The van der Waals surface area contributed by atoms with E-state index in [-0.39, 0.29) is 0 Å². The Balaban J connectivity index is 1.21. The van der Waals surface area contributed by atoms with Crippen molar-refractivity contribution in [2.75, 3.05) is 0 Å². The molecule has 0 aliphatic carbocycles. The number of fused-ring (bicyclic) bond motifs is 4. The van der Waals surface area contributed by atoms with Gasteiger partial charge in [0, 0.05) is 27.5 Å². The zero-order valence-corrected chi connectivity index (χ0v) is 28.8. The molecule has 10 aromatic rings. The van der Waals surface area contributed by atoms with Gasteiger partial charge in [0.1, 0.15) is 11.2 Å². The second-order valence-corrected chi connectivity index (χ2v) is 13.3. The van der Waals surface area contributed by atoms with Gasteiger partial charge in [-0.15, -0.1) is 0 Å². The summed E-state index contributed by atoms with van der Waals surface area (Å²) in [5.41, 5.74) is 13.3. The highest BCUT2D eigenvalue weighted by atomic mass is 16.3. The molecule has 2 heterocycles. The quantitative estimate of drug-likeness (QED) is 0.176. The monoisotopic (exact) mass is 676 g/mol. The van der Waals surface area contributed by atoms with Crippen LogP contribution in [0.15, 0.2) is 199 Å². The summed E-state index contributed by atoms with van der Waals surface area (Å²) < 4.78 is 6.61. The van der Waals surface area contributed by atoms with Crippen molar-refractivity contribution in [3.8, 4) is 67.3 Å². The van der Waals surface area contributed by atoms with E-state index in [9.17, 15) is 0 Å². The number of benzene rings is 8. The molecule has 8 aromatic carbocycles. The average molecular weight is 677 g/mol. The molecule has 0 aliphatic heterocycles. The third-order valence-corrected chi connectivity index (χ3v) is 10.1. The van der Waals surface area contributed by atoms with Gasteiger partial charge in [-0.1, -0.05) is 170 Å². The van der Waals surface area contributed by atoms with Gasteiger partial charge in [0.25, 0.3) is 0 Å². The minimum absolute atomic E-state index is 0.650. The zero-order valence-electron chi connectivity index (χ0n) is 28.8. The Bertz CT molecular complexity index is 2910. The summed E-state index contributed by atoms with van der Waals surface area (Å²) >= 11 is 0. The zero-order chi connectivity index (χ0) is 35.1. The number of hydrogen-bond donors (Lipinski definition) is 0. The van der Waals surface area contributed by atoms with Gasteiger partial charge in [-0.3, -0.25) is 0 Å². The molecule has 0 N–H and O–H groups in total. The van der Waals surface area contributed by atoms with Gasteiger partial charge in [0.15, 0.2) is 5.82 Å². The second kappa shape index (κ2) is 12.9. The van der Waals surface area contributed by atoms with Crippen molar-refractivity contribution in [3.05, 3.63) is 194 Å². The number of hydrogen-bond acceptors (Lipinski definition) is 3. The molecule has 3 heteroatoms. The van der Waals surface area contributed by atoms with Gasteiger partial charge in [-0.2, -0.15) is 0 Å². The van der Waals surface area contributed by atoms with E-state index in [1.54, 1.807) is 0 Å². The highest BCUT2D eigenvalue weighted by molar-refractivity contribution is 6.14. The summed E-state index contributed by atoms with van der Waals surface area (Å²) in [6, 6.07) is 67.9. The SMILES string of the molecule is c1ccc(-c2ccc(-c3cc(-c4ccccc4)nc(-c4cc(-c5ccc(-c6ccccc6)c6ccccc56)cc5oc6ccccc6c45)n3)cc2)cc1. The molecule has 2 aromatic heterocycles. The lowest BCUT2D eigenvalue weighted by atomic mass is 9.90. The molecule has 0 bridgehead atoms. The van der Waals surface area contributed by atoms with Crippen molar-refractivity contribution < 1.29 is 4.42 Å². The first kappa shape index (κ1) is 30.7. The summed E-state index contributed by atoms with van der Waals surface area (Å²) in [7, 11) is 0. The molecule has 53 heavy (non-hydrogen) atoms. The van der Waals surface area contributed by atoms with Crippen LogP contribution in [0.3, 0.4) is 0 Å². The van der Waals surface area contributed by atoms with Gasteiger partial charge in [0.2, 0.25) is 0 Å². The van der Waals surface area contributed by atoms with Crippen molar-refractivity contribution in [2.45, 2.75) is 0 Å². The summed E-state index contributed by atoms with van der Waals surface area (Å²) in [5.74, 6) is 0.650. The number of aromatic nitrogens is 2. The summed E-state index contributed by atoms with van der Waals surface area (Å²) in [4.78, 5) is 10.6. The minimum Gasteiger partial charge on any atom is -0.456 e. The van der Waals surface area contributed by atoms with Crippen molar-refractivity contribution in [3.63, 3.8) is 0 Å². The van der Waals surface area contributed by atoms with Gasteiger partial charge in [-0.05, 0) is 68.4 Å². The van der Waals surface area contributed by atoms with Gasteiger partial charge in [-0.25, -0.2) is 9.97 Å². The van der Waals surface area contributed by atoms with Crippen LogP contribution in [0.4, 0.5) is 0 Å². The Morgan fingerprint density at radius 1 is 0.302 bits per heavy atom. The van der Waals surface area contributed by atoms with Crippen LogP contribution in [0.1, 0.15) is 0 Å². The van der Waals surface area contributed by atoms with Crippen molar-refractivity contribution in [2.24, 2.45) is 0 Å². The van der Waals surface area contributed by atoms with Crippen molar-refractivity contribution >= 4 is 32.7 Å². The highest BCUT2D eigenvalue weighted by Gasteiger charge is 2.20. The Morgan fingerprint density at radius 3 is 1.42 bits per heavy atom. The van der Waals surface area contributed by atoms with Gasteiger partial charge >= 0.3 is 0 Å². The lowest BCUT2D eigenvalue weighted by Gasteiger charge is -2.14. The van der Waals surface area contributed by atoms with Crippen LogP contribution in [0.5, 0.6) is 0 Å². The molecule has 3 nitrogen and oxygen atoms in total. The molecule has 0 saturated carbocycles. The number of para-hydroxylation sites is 1. The first-order chi connectivity index (χ1) is 26.3. The lowest BCUT2D eigenvalue weighted by Crippen LogP contribution is -1.97. The average Bonchev–Trinajstić information content (AvgIpc) is 3.62. The Morgan fingerprint density at radius 2 is 0.774 bits per heavy atom. The molecular formula is C50H32N2O. The van der Waals surface area contributed by atoms with Gasteiger partial charge < -0.3 is 4.42 Å². The summed E-state index contributed by atoms with van der Waals surface area (Å²) in [5, 5.41) is 4.42. The van der Waals surface area contributed by atoms with E-state index >= 15 is 0 Å². The van der Waals surface area contributed by atoms with E-state index in [2.05, 4.69) is 170 Å². The van der Waals surface area contributed by atoms with Crippen LogP contribution in [0.2, 0.25) is 0 Å². The largest absolute Gasteiger partial charge is 0.456 e. The highest BCUT2D eigenvalue weighted by Crippen LogP contribution is 2.43. The van der Waals surface area contributed by atoms with Crippen molar-refractivity contribution in [1.29, 1.82) is 0 Å². The molecule has 248 valence electrons. The van der Waals surface area contributed by atoms with Crippen LogP contribution in [0, 0.1) is 0 Å². The van der Waals surface area contributed by atoms with Crippen LogP contribution < -0.4 is 0 Å². The molecule has 0 saturated heterocycles. The van der Waals surface area contributed by atoms with Crippen LogP contribution in [-0.4, -0.2) is 9.97 Å². The molecule has 0 fully saturated rings. The van der Waals surface area contributed by atoms with E-state index in [1.807, 2.05) is 24.3 Å². The van der Waals surface area contributed by atoms with Crippen LogP contribution in [0.25, 0.3) is 100.0 Å². The number of nitrogens with zero attached hydrogens (tertiary/aromatic N) is 2. The normalized spacial score (nSPS) is 11.4. The van der Waals surface area contributed by atoms with E-state index in [0.717, 1.165) is 66.7 Å². The summed E-state index contributed by atoms with van der Waals surface area (Å²) in [6.45, 7) is 0. The topological polar surface area (TPSA) is 38.9 Å². The molecule has 0 atom stereocenters. The Labute approximate surface area is 307 Å². The fourth-order valence-corrected chi connectivity index (χ4v) is 7.54. The third kappa shape index (κ3) is 5.56. The van der Waals surface area contributed by atoms with Crippen molar-refractivity contribution in [1.82, 2.24) is 9.97 Å². The van der Waals surface area contributed by atoms with E-state index in [0.29, 0.717) is 5.82 Å². The molecule has 10 rings (SSSR count). The predicted octanol–water partition coefficient (Wildman–Crippen LogP) is 13.5. The molecule has 0 amide bonds. The predicted molar refractivity (Wildman–Crippen MR) is 219 cm³/mol. The molecule has 0 spiro atoms. The minimum atomic E-state index is 0.650. The maximum absolute atomic E-state index is 6.61. The molecule has 0 unspecified atom stereocenters. The molecule has 0 aliphatic rings. The Kier molecular flexibility index (Phi) is 7.47. The third-order valence-electron chi connectivity index (χ3n) is 10.1.